The fourth-order valence-corrected chi connectivity index (χ4v) is 1.59. The maximum atomic E-state index is 11.9. The quantitative estimate of drug-likeness (QED) is 0.469. The number of rotatable bonds is 8. The molecule has 0 heterocycles. The lowest BCUT2D eigenvalue weighted by Crippen LogP contribution is -2.50. The van der Waals surface area contributed by atoms with Gasteiger partial charge in [0.25, 0.3) is 0 Å². The molecule has 0 fully saturated rings. The van der Waals surface area contributed by atoms with Crippen molar-refractivity contribution in [2.24, 2.45) is 5.92 Å². The molecule has 120 valence electrons. The second kappa shape index (κ2) is 8.93. The first-order valence-electron chi connectivity index (χ1n) is 6.70. The molecule has 0 unspecified atom stereocenters. The van der Waals surface area contributed by atoms with Gasteiger partial charge in [-0.25, -0.2) is 0 Å². The molecule has 0 bridgehead atoms. The van der Waals surface area contributed by atoms with E-state index in [9.17, 15) is 19.2 Å². The lowest BCUT2D eigenvalue weighted by molar-refractivity contribution is -0.141. The lowest BCUT2D eigenvalue weighted by Gasteiger charge is -2.19. The fourth-order valence-electron chi connectivity index (χ4n) is 1.59. The number of aliphatic carboxylic acids is 1. The topological polar surface area (TPSA) is 125 Å². The van der Waals surface area contributed by atoms with Gasteiger partial charge in [-0.2, -0.15) is 0 Å². The highest BCUT2D eigenvalue weighted by molar-refractivity contribution is 5.91. The van der Waals surface area contributed by atoms with Crippen LogP contribution in [0.15, 0.2) is 0 Å². The highest BCUT2D eigenvalue weighted by atomic mass is 16.4. The van der Waals surface area contributed by atoms with Gasteiger partial charge in [0, 0.05) is 6.92 Å². The third-order valence-corrected chi connectivity index (χ3v) is 2.57. The molecule has 0 aromatic heterocycles. The summed E-state index contributed by atoms with van der Waals surface area (Å²) in [6.45, 7) is 6.10. The summed E-state index contributed by atoms with van der Waals surface area (Å²) in [5, 5.41) is 15.8. The van der Waals surface area contributed by atoms with E-state index >= 15 is 0 Å². The molecular weight excluding hydrogens is 278 g/mol. The fraction of sp³-hybridized carbons (Fsp3) is 0.692. The van der Waals surface area contributed by atoms with Crippen molar-refractivity contribution in [3.63, 3.8) is 0 Å². The number of nitrogens with one attached hydrogen (secondary N) is 3. The Hall–Kier alpha value is -2.12. The Balaban J connectivity index is 4.38. The Morgan fingerprint density at radius 1 is 1.05 bits per heavy atom. The normalized spacial score (nSPS) is 13.2. The number of carboxylic acid groups (broad SMARTS) is 1. The van der Waals surface area contributed by atoms with Crippen LogP contribution in [0.5, 0.6) is 0 Å². The summed E-state index contributed by atoms with van der Waals surface area (Å²) >= 11 is 0. The van der Waals surface area contributed by atoms with E-state index in [0.717, 1.165) is 0 Å². The van der Waals surface area contributed by atoms with Gasteiger partial charge in [-0.05, 0) is 19.3 Å². The molecule has 0 rings (SSSR count). The summed E-state index contributed by atoms with van der Waals surface area (Å²) < 4.78 is 0. The van der Waals surface area contributed by atoms with Gasteiger partial charge in [-0.15, -0.1) is 0 Å². The first-order chi connectivity index (χ1) is 9.63. The van der Waals surface area contributed by atoms with Crippen molar-refractivity contribution in [2.75, 3.05) is 6.54 Å². The zero-order valence-corrected chi connectivity index (χ0v) is 12.7. The third kappa shape index (κ3) is 8.61. The van der Waals surface area contributed by atoms with E-state index < -0.39 is 29.9 Å². The molecule has 0 aromatic carbocycles. The van der Waals surface area contributed by atoms with Gasteiger partial charge in [-0.3, -0.25) is 19.2 Å². The smallest absolute Gasteiger partial charge is 0.325 e. The van der Waals surface area contributed by atoms with E-state index in [4.69, 9.17) is 5.11 Å². The number of carboxylic acids is 1. The predicted octanol–water partition coefficient (Wildman–Crippen LogP) is -0.757. The summed E-state index contributed by atoms with van der Waals surface area (Å²) in [7, 11) is 0. The second-order valence-electron chi connectivity index (χ2n) is 5.23. The van der Waals surface area contributed by atoms with Crippen LogP contribution in [-0.2, 0) is 19.2 Å². The minimum absolute atomic E-state index is 0.188. The van der Waals surface area contributed by atoms with Crippen molar-refractivity contribution in [3.05, 3.63) is 0 Å². The molecule has 8 heteroatoms. The summed E-state index contributed by atoms with van der Waals surface area (Å²) in [5.74, 6) is -2.39. The minimum Gasteiger partial charge on any atom is -0.480 e. The van der Waals surface area contributed by atoms with Gasteiger partial charge in [0.05, 0.1) is 6.54 Å². The number of carbonyl (C=O) groups is 4. The van der Waals surface area contributed by atoms with Gasteiger partial charge in [-0.1, -0.05) is 13.8 Å². The van der Waals surface area contributed by atoms with Crippen LogP contribution < -0.4 is 16.0 Å². The Kier molecular flexibility index (Phi) is 8.03. The van der Waals surface area contributed by atoms with Crippen LogP contribution in [0.25, 0.3) is 0 Å². The van der Waals surface area contributed by atoms with Crippen LogP contribution >= 0.6 is 0 Å². The van der Waals surface area contributed by atoms with Crippen LogP contribution in [0.3, 0.4) is 0 Å². The van der Waals surface area contributed by atoms with Gasteiger partial charge in [0.15, 0.2) is 0 Å². The number of amides is 3. The summed E-state index contributed by atoms with van der Waals surface area (Å²) in [6.07, 6.45) is 0.443. The lowest BCUT2D eigenvalue weighted by atomic mass is 10.0. The Labute approximate surface area is 123 Å². The maximum Gasteiger partial charge on any atom is 0.325 e. The van der Waals surface area contributed by atoms with Crippen LogP contribution in [0.2, 0.25) is 0 Å². The molecule has 2 atom stereocenters. The molecule has 0 aliphatic carbocycles. The Bertz CT molecular complexity index is 409. The van der Waals surface area contributed by atoms with Crippen molar-refractivity contribution >= 4 is 23.7 Å². The van der Waals surface area contributed by atoms with Crippen LogP contribution in [0, 0.1) is 5.92 Å². The van der Waals surface area contributed by atoms with Crippen LogP contribution in [0.1, 0.15) is 34.1 Å². The van der Waals surface area contributed by atoms with Crippen molar-refractivity contribution in [3.8, 4) is 0 Å². The molecule has 8 nitrogen and oxygen atoms in total. The Morgan fingerprint density at radius 2 is 1.62 bits per heavy atom. The van der Waals surface area contributed by atoms with Gasteiger partial charge in [0.2, 0.25) is 17.7 Å². The molecule has 21 heavy (non-hydrogen) atoms. The monoisotopic (exact) mass is 301 g/mol. The average molecular weight is 301 g/mol. The molecule has 4 N–H and O–H groups in total. The number of hydrogen-bond acceptors (Lipinski definition) is 4. The maximum absolute atomic E-state index is 11.9. The van der Waals surface area contributed by atoms with E-state index in [1.54, 1.807) is 0 Å². The van der Waals surface area contributed by atoms with E-state index in [-0.39, 0.29) is 18.4 Å². The molecule has 3 amide bonds. The Morgan fingerprint density at radius 3 is 2.05 bits per heavy atom. The average Bonchev–Trinajstić information content (AvgIpc) is 2.33. The zero-order valence-electron chi connectivity index (χ0n) is 12.7. The largest absolute Gasteiger partial charge is 0.480 e. The van der Waals surface area contributed by atoms with Crippen molar-refractivity contribution in [1.29, 1.82) is 0 Å². The van der Waals surface area contributed by atoms with Crippen LogP contribution in [-0.4, -0.2) is 47.4 Å². The van der Waals surface area contributed by atoms with E-state index in [0.29, 0.717) is 6.42 Å². The molecule has 0 aliphatic rings. The van der Waals surface area contributed by atoms with Crippen LogP contribution in [0.4, 0.5) is 0 Å². The molecule has 0 radical (unpaired) electrons. The van der Waals surface area contributed by atoms with Gasteiger partial charge in [0.1, 0.15) is 12.1 Å². The zero-order chi connectivity index (χ0) is 16.6. The molecule has 0 spiro atoms. The molecule has 0 saturated heterocycles. The number of hydrogen-bond donors (Lipinski definition) is 4. The summed E-state index contributed by atoms with van der Waals surface area (Å²) in [5.41, 5.74) is 0. The third-order valence-electron chi connectivity index (χ3n) is 2.57. The SMILES string of the molecule is CC(=O)N[C@@H](CC(C)C)C(=O)NCC(=O)N[C@@H](C)C(=O)O. The summed E-state index contributed by atoms with van der Waals surface area (Å²) in [4.78, 5) is 45.0. The predicted molar refractivity (Wildman–Crippen MR) is 75.3 cm³/mol. The highest BCUT2D eigenvalue weighted by Gasteiger charge is 2.21. The molecule has 0 aliphatic heterocycles. The van der Waals surface area contributed by atoms with E-state index in [2.05, 4.69) is 16.0 Å². The minimum atomic E-state index is -1.16. The van der Waals surface area contributed by atoms with Crippen molar-refractivity contribution in [1.82, 2.24) is 16.0 Å². The molecule has 0 saturated carbocycles. The molecular formula is C13H23N3O5. The first kappa shape index (κ1) is 18.9. The van der Waals surface area contributed by atoms with Crippen molar-refractivity contribution in [2.45, 2.75) is 46.2 Å². The first-order valence-corrected chi connectivity index (χ1v) is 6.70. The van der Waals surface area contributed by atoms with Gasteiger partial charge >= 0.3 is 5.97 Å². The van der Waals surface area contributed by atoms with E-state index in [1.807, 2.05) is 13.8 Å². The standard InChI is InChI=1S/C13H23N3O5/c1-7(2)5-10(16-9(4)17)12(19)14-6-11(18)15-8(3)13(20)21/h7-8,10H,5-6H2,1-4H3,(H,14,19)(H,15,18)(H,16,17)(H,20,21)/t8-,10-/m0/s1. The van der Waals surface area contributed by atoms with Crippen molar-refractivity contribution < 1.29 is 24.3 Å². The second-order valence-corrected chi connectivity index (χ2v) is 5.23. The molecule has 0 aromatic rings. The highest BCUT2D eigenvalue weighted by Crippen LogP contribution is 2.04. The van der Waals surface area contributed by atoms with E-state index in [1.165, 1.54) is 13.8 Å². The summed E-state index contributed by atoms with van der Waals surface area (Å²) in [6, 6.07) is -1.75. The van der Waals surface area contributed by atoms with Gasteiger partial charge < -0.3 is 21.1 Å². The number of carbonyl (C=O) groups excluding carboxylic acids is 3.